The van der Waals surface area contributed by atoms with Gasteiger partial charge in [-0.25, -0.2) is 12.8 Å². The second-order valence-electron chi connectivity index (χ2n) is 8.47. The molecule has 6 nitrogen and oxygen atoms in total. The molecule has 0 unspecified atom stereocenters. The standard InChI is InChI=1S/C25H23Cl3FN3O3S/c26-20-3-1-5-22(29)19(20)15-32-13-11-16(12-14-32)25(33)30-17-7-9-18(10-8-17)36(34,35)31-23-6-2-4-21(27)24(23)28/h1-10,16,31H,11-15H2,(H,30,33). The summed E-state index contributed by atoms with van der Waals surface area (Å²) in [6.45, 7) is 1.67. The molecule has 36 heavy (non-hydrogen) atoms. The summed E-state index contributed by atoms with van der Waals surface area (Å²) in [6, 6.07) is 15.1. The number of hydrogen-bond donors (Lipinski definition) is 2. The molecule has 0 atom stereocenters. The van der Waals surface area contributed by atoms with Gasteiger partial charge in [0.1, 0.15) is 5.82 Å². The first kappa shape index (κ1) is 26.7. The van der Waals surface area contributed by atoms with Crippen molar-refractivity contribution in [2.75, 3.05) is 23.1 Å². The van der Waals surface area contributed by atoms with Crippen LogP contribution in [0, 0.1) is 11.7 Å². The molecule has 3 aromatic rings. The van der Waals surface area contributed by atoms with Crippen molar-refractivity contribution in [1.82, 2.24) is 4.90 Å². The van der Waals surface area contributed by atoms with E-state index in [4.69, 9.17) is 34.8 Å². The molecule has 0 bridgehead atoms. The van der Waals surface area contributed by atoms with Gasteiger partial charge in [0.15, 0.2) is 0 Å². The summed E-state index contributed by atoms with van der Waals surface area (Å²) >= 11 is 18.2. The maximum Gasteiger partial charge on any atom is 0.261 e. The Morgan fingerprint density at radius 1 is 0.944 bits per heavy atom. The highest BCUT2D eigenvalue weighted by Gasteiger charge is 2.26. The molecule has 1 aliphatic rings. The molecule has 1 amide bonds. The van der Waals surface area contributed by atoms with Crippen LogP contribution in [-0.4, -0.2) is 32.3 Å². The summed E-state index contributed by atoms with van der Waals surface area (Å²) in [5.41, 5.74) is 1.12. The van der Waals surface area contributed by atoms with Crippen molar-refractivity contribution >= 4 is 62.1 Å². The number of rotatable bonds is 7. The van der Waals surface area contributed by atoms with E-state index in [9.17, 15) is 17.6 Å². The van der Waals surface area contributed by atoms with Gasteiger partial charge in [0.2, 0.25) is 5.91 Å². The van der Waals surface area contributed by atoms with Crippen molar-refractivity contribution in [1.29, 1.82) is 0 Å². The normalized spacial score (nSPS) is 15.0. The Labute approximate surface area is 224 Å². The average Bonchev–Trinajstić information content (AvgIpc) is 2.85. The number of carbonyl (C=O) groups excluding carboxylic acids is 1. The van der Waals surface area contributed by atoms with E-state index < -0.39 is 10.0 Å². The number of sulfonamides is 1. The summed E-state index contributed by atoms with van der Waals surface area (Å²) in [5, 5.41) is 3.58. The molecule has 4 rings (SSSR count). The first-order chi connectivity index (χ1) is 17.1. The third kappa shape index (κ3) is 6.30. The molecule has 0 spiro atoms. The van der Waals surface area contributed by atoms with Gasteiger partial charge >= 0.3 is 0 Å². The molecule has 3 aromatic carbocycles. The van der Waals surface area contributed by atoms with Crippen LogP contribution in [-0.2, 0) is 21.4 Å². The first-order valence-corrected chi connectivity index (χ1v) is 13.8. The summed E-state index contributed by atoms with van der Waals surface area (Å²) < 4.78 is 41.9. The Hall–Kier alpha value is -2.36. The van der Waals surface area contributed by atoms with Crippen molar-refractivity contribution in [2.24, 2.45) is 5.92 Å². The Morgan fingerprint density at radius 3 is 2.25 bits per heavy atom. The molecule has 1 aliphatic heterocycles. The minimum absolute atomic E-state index is 0.0108. The number of nitrogens with one attached hydrogen (secondary N) is 2. The molecule has 0 saturated carbocycles. The minimum atomic E-state index is -3.90. The zero-order chi connectivity index (χ0) is 25.9. The SMILES string of the molecule is O=C(Nc1ccc(S(=O)(=O)Nc2cccc(Cl)c2Cl)cc1)C1CCN(Cc2c(F)cccc2Cl)CC1. The fraction of sp³-hybridized carbons (Fsp3) is 0.240. The van der Waals surface area contributed by atoms with Crippen molar-refractivity contribution in [2.45, 2.75) is 24.3 Å². The van der Waals surface area contributed by atoms with Gasteiger partial charge in [-0.2, -0.15) is 0 Å². The number of carbonyl (C=O) groups is 1. The Balaban J connectivity index is 1.32. The predicted octanol–water partition coefficient (Wildman–Crippen LogP) is 6.44. The summed E-state index contributed by atoms with van der Waals surface area (Å²) in [7, 11) is -3.90. The number of halogens is 4. The van der Waals surface area contributed by atoms with Gasteiger partial charge in [-0.1, -0.05) is 46.9 Å². The lowest BCUT2D eigenvalue weighted by molar-refractivity contribution is -0.121. The lowest BCUT2D eigenvalue weighted by atomic mass is 9.95. The maximum absolute atomic E-state index is 14.1. The van der Waals surface area contributed by atoms with Crippen LogP contribution >= 0.6 is 34.8 Å². The number of benzene rings is 3. The number of likely N-dealkylation sites (tertiary alicyclic amines) is 1. The highest BCUT2D eigenvalue weighted by Crippen LogP contribution is 2.31. The van der Waals surface area contributed by atoms with Crippen LogP contribution in [0.4, 0.5) is 15.8 Å². The van der Waals surface area contributed by atoms with Crippen LogP contribution in [0.25, 0.3) is 0 Å². The molecule has 2 N–H and O–H groups in total. The summed E-state index contributed by atoms with van der Waals surface area (Å²) in [4.78, 5) is 14.9. The van der Waals surface area contributed by atoms with E-state index in [1.807, 2.05) is 0 Å². The highest BCUT2D eigenvalue weighted by molar-refractivity contribution is 7.92. The lowest BCUT2D eigenvalue weighted by Gasteiger charge is -2.31. The topological polar surface area (TPSA) is 78.5 Å². The molecule has 1 heterocycles. The Morgan fingerprint density at radius 2 is 1.58 bits per heavy atom. The molecule has 1 saturated heterocycles. The van der Waals surface area contributed by atoms with E-state index in [2.05, 4.69) is 14.9 Å². The van der Waals surface area contributed by atoms with Crippen molar-refractivity contribution in [3.8, 4) is 0 Å². The predicted molar refractivity (Wildman–Crippen MR) is 142 cm³/mol. The molecule has 0 aliphatic carbocycles. The quantitative estimate of drug-likeness (QED) is 0.343. The number of amides is 1. The molecular weight excluding hydrogens is 548 g/mol. The second-order valence-corrected chi connectivity index (χ2v) is 11.3. The van der Waals surface area contributed by atoms with Gasteiger partial charge in [0.25, 0.3) is 10.0 Å². The van der Waals surface area contributed by atoms with Crippen molar-refractivity contribution in [3.63, 3.8) is 0 Å². The van der Waals surface area contributed by atoms with Crippen LogP contribution in [0.15, 0.2) is 65.6 Å². The number of nitrogens with zero attached hydrogens (tertiary/aromatic N) is 1. The average molecular weight is 571 g/mol. The van der Waals surface area contributed by atoms with Gasteiger partial charge < -0.3 is 5.32 Å². The lowest BCUT2D eigenvalue weighted by Crippen LogP contribution is -2.38. The molecule has 0 aromatic heterocycles. The maximum atomic E-state index is 14.1. The van der Waals surface area contributed by atoms with E-state index in [-0.39, 0.29) is 38.3 Å². The van der Waals surface area contributed by atoms with Crippen LogP contribution in [0.3, 0.4) is 0 Å². The Bertz CT molecular complexity index is 1340. The number of piperidine rings is 1. The van der Waals surface area contributed by atoms with Gasteiger partial charge in [0.05, 0.1) is 20.6 Å². The zero-order valence-corrected chi connectivity index (χ0v) is 22.1. The molecule has 0 radical (unpaired) electrons. The van der Waals surface area contributed by atoms with Crippen LogP contribution in [0.5, 0.6) is 0 Å². The largest absolute Gasteiger partial charge is 0.326 e. The van der Waals surface area contributed by atoms with Gasteiger partial charge in [-0.15, -0.1) is 0 Å². The molecule has 11 heteroatoms. The smallest absolute Gasteiger partial charge is 0.261 e. The molecule has 1 fully saturated rings. The van der Waals surface area contributed by atoms with Gasteiger partial charge in [-0.05, 0) is 74.5 Å². The van der Waals surface area contributed by atoms with Crippen LogP contribution < -0.4 is 10.0 Å². The summed E-state index contributed by atoms with van der Waals surface area (Å²) in [6.07, 6.45) is 1.24. The monoisotopic (exact) mass is 569 g/mol. The fourth-order valence-electron chi connectivity index (χ4n) is 4.01. The highest BCUT2D eigenvalue weighted by atomic mass is 35.5. The third-order valence-electron chi connectivity index (χ3n) is 6.03. The van der Waals surface area contributed by atoms with E-state index in [1.54, 1.807) is 24.3 Å². The van der Waals surface area contributed by atoms with E-state index in [0.29, 0.717) is 48.7 Å². The van der Waals surface area contributed by atoms with Crippen molar-refractivity contribution in [3.05, 3.63) is 87.1 Å². The zero-order valence-electron chi connectivity index (χ0n) is 19.0. The van der Waals surface area contributed by atoms with Crippen molar-refractivity contribution < 1.29 is 17.6 Å². The summed E-state index contributed by atoms with van der Waals surface area (Å²) in [5.74, 6) is -0.677. The number of anilines is 2. The van der Waals surface area contributed by atoms with E-state index >= 15 is 0 Å². The fourth-order valence-corrected chi connectivity index (χ4v) is 5.71. The molecule has 190 valence electrons. The van der Waals surface area contributed by atoms with E-state index in [1.165, 1.54) is 36.4 Å². The van der Waals surface area contributed by atoms with Gasteiger partial charge in [0, 0.05) is 28.7 Å². The first-order valence-electron chi connectivity index (χ1n) is 11.2. The van der Waals surface area contributed by atoms with Crippen LogP contribution in [0.1, 0.15) is 18.4 Å². The second kappa shape index (κ2) is 11.4. The molecular formula is C25H23Cl3FN3O3S. The third-order valence-corrected chi connectivity index (χ3v) is 8.58. The minimum Gasteiger partial charge on any atom is -0.326 e. The Kier molecular flexibility index (Phi) is 8.42. The van der Waals surface area contributed by atoms with E-state index in [0.717, 1.165) is 0 Å². The van der Waals surface area contributed by atoms with Gasteiger partial charge in [-0.3, -0.25) is 14.4 Å². The number of hydrogen-bond acceptors (Lipinski definition) is 4. The van der Waals surface area contributed by atoms with Crippen LogP contribution in [0.2, 0.25) is 15.1 Å².